The number of likely N-dealkylation sites (tertiary alicyclic amines) is 1. The van der Waals surface area contributed by atoms with E-state index in [0.29, 0.717) is 13.2 Å². The Balaban J connectivity index is 2.61. The number of hydrogen-bond acceptors (Lipinski definition) is 4. The van der Waals surface area contributed by atoms with Gasteiger partial charge in [-0.15, -0.1) is 0 Å². The van der Waals surface area contributed by atoms with E-state index in [2.05, 4.69) is 0 Å². The first-order valence-corrected chi connectivity index (χ1v) is 9.17. The van der Waals surface area contributed by atoms with Crippen LogP contribution in [-0.4, -0.2) is 58.4 Å². The van der Waals surface area contributed by atoms with Gasteiger partial charge in [-0.1, -0.05) is 6.92 Å². The van der Waals surface area contributed by atoms with Crippen LogP contribution in [0.15, 0.2) is 0 Å². The van der Waals surface area contributed by atoms with Crippen molar-refractivity contribution in [2.45, 2.75) is 78.9 Å². The highest BCUT2D eigenvalue weighted by Gasteiger charge is 2.36. The van der Waals surface area contributed by atoms with Crippen LogP contribution >= 0.6 is 0 Å². The summed E-state index contributed by atoms with van der Waals surface area (Å²) in [6.45, 7) is 15.1. The summed E-state index contributed by atoms with van der Waals surface area (Å²) in [5.74, 6) is -0.649. The van der Waals surface area contributed by atoms with Crippen molar-refractivity contribution in [2.24, 2.45) is 5.92 Å². The monoisotopic (exact) mass is 354 g/mol. The van der Waals surface area contributed by atoms with Crippen molar-refractivity contribution in [1.29, 1.82) is 0 Å². The molecule has 0 N–H and O–H groups in total. The number of imide groups is 1. The molecule has 3 amide bonds. The molecule has 25 heavy (non-hydrogen) atoms. The molecule has 1 aliphatic heterocycles. The van der Waals surface area contributed by atoms with Crippen LogP contribution < -0.4 is 0 Å². The normalized spacial score (nSPS) is 18.8. The molecule has 0 radical (unpaired) electrons. The molecule has 0 spiro atoms. The zero-order valence-corrected chi connectivity index (χ0v) is 16.8. The number of ether oxygens (including phenoxy) is 1. The van der Waals surface area contributed by atoms with Crippen molar-refractivity contribution in [3.63, 3.8) is 0 Å². The van der Waals surface area contributed by atoms with Gasteiger partial charge in [-0.25, -0.2) is 0 Å². The van der Waals surface area contributed by atoms with E-state index in [4.69, 9.17) is 4.74 Å². The van der Waals surface area contributed by atoms with Gasteiger partial charge in [0.05, 0.1) is 5.60 Å². The van der Waals surface area contributed by atoms with E-state index < -0.39 is 0 Å². The number of hydrogen-bond donors (Lipinski definition) is 0. The topological polar surface area (TPSA) is 66.9 Å². The fraction of sp³-hybridized carbons (Fsp3) is 0.842. The Hall–Kier alpha value is -1.43. The van der Waals surface area contributed by atoms with Crippen molar-refractivity contribution in [1.82, 2.24) is 9.80 Å². The second-order valence-electron chi connectivity index (χ2n) is 8.40. The molecule has 0 aromatic heterocycles. The van der Waals surface area contributed by atoms with Gasteiger partial charge < -0.3 is 9.64 Å². The highest BCUT2D eigenvalue weighted by molar-refractivity contribution is 6.03. The molecule has 1 unspecified atom stereocenters. The summed E-state index contributed by atoms with van der Waals surface area (Å²) in [6.07, 6.45) is 1.14. The lowest BCUT2D eigenvalue weighted by Gasteiger charge is -2.39. The Bertz CT molecular complexity index is 508. The first-order chi connectivity index (χ1) is 11.4. The summed E-state index contributed by atoms with van der Waals surface area (Å²) in [5, 5.41) is 0. The minimum Gasteiger partial charge on any atom is -0.376 e. The Labute approximate surface area is 151 Å². The predicted molar refractivity (Wildman–Crippen MR) is 96.9 cm³/mol. The van der Waals surface area contributed by atoms with Crippen molar-refractivity contribution < 1.29 is 19.1 Å². The van der Waals surface area contributed by atoms with E-state index in [1.165, 1.54) is 4.90 Å². The lowest BCUT2D eigenvalue weighted by atomic mass is 9.97. The quantitative estimate of drug-likeness (QED) is 0.629. The average molecular weight is 354 g/mol. The molecule has 0 aromatic rings. The van der Waals surface area contributed by atoms with E-state index in [0.717, 1.165) is 6.42 Å². The van der Waals surface area contributed by atoms with Crippen LogP contribution in [0.2, 0.25) is 0 Å². The Kier molecular flexibility index (Phi) is 7.18. The number of carbonyl (C=O) groups is 3. The molecule has 1 saturated heterocycles. The van der Waals surface area contributed by atoms with Crippen LogP contribution in [-0.2, 0) is 19.1 Å². The number of carbonyl (C=O) groups excluding carboxylic acids is 3. The van der Waals surface area contributed by atoms with E-state index in [1.807, 2.05) is 46.4 Å². The summed E-state index contributed by atoms with van der Waals surface area (Å²) in [5.41, 5.74) is -0.548. The lowest BCUT2D eigenvalue weighted by Crippen LogP contribution is -2.49. The van der Waals surface area contributed by atoms with Crippen molar-refractivity contribution in [2.75, 3.05) is 19.7 Å². The Morgan fingerprint density at radius 2 is 1.84 bits per heavy atom. The van der Waals surface area contributed by atoms with Crippen LogP contribution in [0, 0.1) is 5.92 Å². The third kappa shape index (κ3) is 6.10. The number of amides is 3. The second kappa shape index (κ2) is 8.30. The summed E-state index contributed by atoms with van der Waals surface area (Å²) < 4.78 is 5.79. The smallest absolute Gasteiger partial charge is 0.232 e. The molecule has 0 aromatic carbocycles. The molecule has 144 valence electrons. The summed E-state index contributed by atoms with van der Waals surface area (Å²) >= 11 is 0. The highest BCUT2D eigenvalue weighted by Crippen LogP contribution is 2.23. The summed E-state index contributed by atoms with van der Waals surface area (Å²) in [6, 6.07) is 0. The summed E-state index contributed by atoms with van der Waals surface area (Å²) in [4.78, 5) is 39.5. The van der Waals surface area contributed by atoms with E-state index >= 15 is 0 Å². The van der Waals surface area contributed by atoms with Crippen LogP contribution in [0.1, 0.15) is 67.7 Å². The third-order valence-corrected chi connectivity index (χ3v) is 4.62. The van der Waals surface area contributed by atoms with Gasteiger partial charge >= 0.3 is 0 Å². The molecule has 6 heteroatoms. The molecular weight excluding hydrogens is 320 g/mol. The van der Waals surface area contributed by atoms with Gasteiger partial charge in [0, 0.05) is 44.0 Å². The van der Waals surface area contributed by atoms with E-state index in [9.17, 15) is 14.4 Å². The second-order valence-corrected chi connectivity index (χ2v) is 8.40. The molecule has 1 rings (SSSR count). The van der Waals surface area contributed by atoms with Gasteiger partial charge in [0.1, 0.15) is 0 Å². The largest absolute Gasteiger partial charge is 0.376 e. The Morgan fingerprint density at radius 1 is 1.24 bits per heavy atom. The van der Waals surface area contributed by atoms with Crippen molar-refractivity contribution >= 4 is 17.7 Å². The van der Waals surface area contributed by atoms with Crippen LogP contribution in [0.4, 0.5) is 0 Å². The first kappa shape index (κ1) is 21.6. The summed E-state index contributed by atoms with van der Waals surface area (Å²) in [7, 11) is 0. The molecule has 1 heterocycles. The molecule has 1 atom stereocenters. The molecule has 1 fully saturated rings. The molecule has 0 bridgehead atoms. The van der Waals surface area contributed by atoms with Gasteiger partial charge in [-0.05, 0) is 48.0 Å². The highest BCUT2D eigenvalue weighted by atomic mass is 16.5. The fourth-order valence-electron chi connectivity index (χ4n) is 3.11. The van der Waals surface area contributed by atoms with Crippen molar-refractivity contribution in [3.05, 3.63) is 0 Å². The van der Waals surface area contributed by atoms with Gasteiger partial charge in [0.2, 0.25) is 17.7 Å². The maximum Gasteiger partial charge on any atom is 0.232 e. The number of nitrogens with zero attached hydrogens (tertiary/aromatic N) is 2. The minimum absolute atomic E-state index is 0.0385. The van der Waals surface area contributed by atoms with Gasteiger partial charge in [-0.3, -0.25) is 19.3 Å². The van der Waals surface area contributed by atoms with Crippen LogP contribution in [0.25, 0.3) is 0 Å². The van der Waals surface area contributed by atoms with Gasteiger partial charge in [0.25, 0.3) is 0 Å². The standard InChI is InChI=1S/C19H34N2O4/c1-8-21(19(6,7)10-12-25-18(3,4)5)15(22)9-11-20-16(23)13-14(2)17(20)24/h14H,8-13H2,1-7H3. The van der Waals surface area contributed by atoms with Crippen molar-refractivity contribution in [3.8, 4) is 0 Å². The zero-order valence-electron chi connectivity index (χ0n) is 16.8. The maximum absolute atomic E-state index is 12.7. The predicted octanol–water partition coefficient (Wildman–Crippen LogP) is 2.60. The fourth-order valence-corrected chi connectivity index (χ4v) is 3.11. The van der Waals surface area contributed by atoms with Gasteiger partial charge in [-0.2, -0.15) is 0 Å². The maximum atomic E-state index is 12.7. The molecule has 1 aliphatic rings. The first-order valence-electron chi connectivity index (χ1n) is 9.17. The lowest BCUT2D eigenvalue weighted by molar-refractivity contribution is -0.141. The minimum atomic E-state index is -0.344. The van der Waals surface area contributed by atoms with Gasteiger partial charge in [0.15, 0.2) is 0 Å². The SMILES string of the molecule is CCN(C(=O)CCN1C(=O)CC(C)C1=O)C(C)(C)CCOC(C)(C)C. The van der Waals surface area contributed by atoms with E-state index in [-0.39, 0.29) is 54.2 Å². The number of rotatable bonds is 8. The van der Waals surface area contributed by atoms with E-state index in [1.54, 1.807) is 6.92 Å². The van der Waals surface area contributed by atoms with Crippen LogP contribution in [0.5, 0.6) is 0 Å². The molecule has 0 saturated carbocycles. The molecule has 0 aliphatic carbocycles. The van der Waals surface area contributed by atoms with Crippen LogP contribution in [0.3, 0.4) is 0 Å². The zero-order chi connectivity index (χ0) is 19.4. The Morgan fingerprint density at radius 3 is 2.28 bits per heavy atom. The average Bonchev–Trinajstić information content (AvgIpc) is 2.68. The molecule has 6 nitrogen and oxygen atoms in total. The molecular formula is C19H34N2O4. The third-order valence-electron chi connectivity index (χ3n) is 4.62.